The summed E-state index contributed by atoms with van der Waals surface area (Å²) in [4.78, 5) is 11.5. The molecule has 2 aromatic rings. The predicted molar refractivity (Wildman–Crippen MR) is 82.6 cm³/mol. The zero-order chi connectivity index (χ0) is 15.4. The predicted octanol–water partition coefficient (Wildman–Crippen LogP) is 2.36. The number of benzene rings is 1. The fourth-order valence-corrected chi connectivity index (χ4v) is 2.48. The molecule has 0 aliphatic carbocycles. The molecule has 0 aliphatic heterocycles. The first-order valence-electron chi connectivity index (χ1n) is 6.26. The third kappa shape index (κ3) is 3.89. The Bertz CT molecular complexity index is 645. The van der Waals surface area contributed by atoms with Crippen LogP contribution in [0.15, 0.2) is 29.4 Å². The SMILES string of the molecule is CC(C)OC(=O)CSc1nnc(-c2ccccc2Cl)n1N. The van der Waals surface area contributed by atoms with Gasteiger partial charge in [0.05, 0.1) is 16.9 Å². The van der Waals surface area contributed by atoms with Crippen LogP contribution in [0.25, 0.3) is 11.4 Å². The highest BCUT2D eigenvalue weighted by atomic mass is 35.5. The molecule has 0 bridgehead atoms. The van der Waals surface area contributed by atoms with E-state index in [4.69, 9.17) is 22.2 Å². The third-order valence-corrected chi connectivity index (χ3v) is 3.71. The molecule has 1 aromatic heterocycles. The second-order valence-electron chi connectivity index (χ2n) is 4.48. The van der Waals surface area contributed by atoms with Gasteiger partial charge < -0.3 is 10.6 Å². The molecule has 0 unspecified atom stereocenters. The Morgan fingerprint density at radius 3 is 2.81 bits per heavy atom. The Morgan fingerprint density at radius 1 is 1.43 bits per heavy atom. The van der Waals surface area contributed by atoms with Gasteiger partial charge in [0.2, 0.25) is 5.16 Å². The summed E-state index contributed by atoms with van der Waals surface area (Å²) in [7, 11) is 0. The van der Waals surface area contributed by atoms with Gasteiger partial charge in [-0.2, -0.15) is 0 Å². The summed E-state index contributed by atoms with van der Waals surface area (Å²) in [6, 6.07) is 7.21. The molecule has 0 atom stereocenters. The standard InChI is InChI=1S/C13H15ClN4O2S/c1-8(2)20-11(19)7-21-13-17-16-12(18(13)15)9-5-3-4-6-10(9)14/h3-6,8H,7,15H2,1-2H3. The lowest BCUT2D eigenvalue weighted by atomic mass is 10.2. The van der Waals surface area contributed by atoms with Gasteiger partial charge >= 0.3 is 5.97 Å². The van der Waals surface area contributed by atoms with Crippen molar-refractivity contribution >= 4 is 29.3 Å². The lowest BCUT2D eigenvalue weighted by Gasteiger charge is -2.07. The summed E-state index contributed by atoms with van der Waals surface area (Å²) < 4.78 is 6.36. The summed E-state index contributed by atoms with van der Waals surface area (Å²) >= 11 is 7.27. The van der Waals surface area contributed by atoms with Crippen molar-refractivity contribution < 1.29 is 9.53 Å². The minimum Gasteiger partial charge on any atom is -0.462 e. The highest BCUT2D eigenvalue weighted by Gasteiger charge is 2.16. The second-order valence-corrected chi connectivity index (χ2v) is 5.83. The maximum absolute atomic E-state index is 11.5. The zero-order valence-corrected chi connectivity index (χ0v) is 13.2. The van der Waals surface area contributed by atoms with Gasteiger partial charge in [-0.25, -0.2) is 4.68 Å². The number of ether oxygens (including phenoxy) is 1. The van der Waals surface area contributed by atoms with Crippen molar-refractivity contribution in [2.24, 2.45) is 0 Å². The molecule has 2 rings (SSSR count). The molecule has 0 saturated heterocycles. The highest BCUT2D eigenvalue weighted by molar-refractivity contribution is 7.99. The zero-order valence-electron chi connectivity index (χ0n) is 11.6. The normalized spacial score (nSPS) is 10.9. The summed E-state index contributed by atoms with van der Waals surface area (Å²) in [5.41, 5.74) is 0.686. The van der Waals surface area contributed by atoms with Crippen molar-refractivity contribution in [3.63, 3.8) is 0 Å². The topological polar surface area (TPSA) is 83.0 Å². The van der Waals surface area contributed by atoms with Gasteiger partial charge in [0.25, 0.3) is 0 Å². The molecule has 0 spiro atoms. The van der Waals surface area contributed by atoms with Crippen LogP contribution in [-0.2, 0) is 9.53 Å². The van der Waals surface area contributed by atoms with E-state index < -0.39 is 0 Å². The number of hydrogen-bond acceptors (Lipinski definition) is 6. The third-order valence-electron chi connectivity index (χ3n) is 2.47. The molecule has 0 amide bonds. The van der Waals surface area contributed by atoms with Crippen LogP contribution in [0, 0.1) is 0 Å². The first kappa shape index (κ1) is 15.7. The first-order valence-corrected chi connectivity index (χ1v) is 7.63. The van der Waals surface area contributed by atoms with Gasteiger partial charge in [-0.05, 0) is 26.0 Å². The van der Waals surface area contributed by atoms with Crippen LogP contribution in [0.4, 0.5) is 0 Å². The summed E-state index contributed by atoms with van der Waals surface area (Å²) in [5.74, 6) is 6.20. The number of rotatable bonds is 5. The van der Waals surface area contributed by atoms with Gasteiger partial charge in [-0.1, -0.05) is 35.5 Å². The van der Waals surface area contributed by atoms with Crippen molar-refractivity contribution in [3.8, 4) is 11.4 Å². The molecule has 0 fully saturated rings. The van der Waals surface area contributed by atoms with E-state index in [9.17, 15) is 4.79 Å². The van der Waals surface area contributed by atoms with Crippen molar-refractivity contribution in [2.75, 3.05) is 11.6 Å². The molecule has 8 heteroatoms. The molecule has 112 valence electrons. The van der Waals surface area contributed by atoms with Crippen LogP contribution in [0.2, 0.25) is 5.02 Å². The van der Waals surface area contributed by atoms with Crippen molar-refractivity contribution in [3.05, 3.63) is 29.3 Å². The molecule has 0 saturated carbocycles. The monoisotopic (exact) mass is 326 g/mol. The maximum atomic E-state index is 11.5. The molecule has 0 radical (unpaired) electrons. The smallest absolute Gasteiger partial charge is 0.316 e. The number of carbonyl (C=O) groups is 1. The number of thioether (sulfide) groups is 1. The summed E-state index contributed by atoms with van der Waals surface area (Å²) in [6.45, 7) is 3.59. The molecule has 1 heterocycles. The van der Waals surface area contributed by atoms with Crippen LogP contribution < -0.4 is 5.84 Å². The van der Waals surface area contributed by atoms with Crippen LogP contribution in [0.3, 0.4) is 0 Å². The van der Waals surface area contributed by atoms with Crippen LogP contribution in [-0.4, -0.2) is 32.7 Å². The summed E-state index contributed by atoms with van der Waals surface area (Å²) in [6.07, 6.45) is -0.146. The molecular formula is C13H15ClN4O2S. The lowest BCUT2D eigenvalue weighted by Crippen LogP contribution is -2.15. The number of esters is 1. The fraction of sp³-hybridized carbons (Fsp3) is 0.308. The number of nitrogen functional groups attached to an aromatic ring is 1. The fourth-order valence-electron chi connectivity index (χ4n) is 1.62. The number of nitrogens with two attached hydrogens (primary N) is 1. The highest BCUT2D eigenvalue weighted by Crippen LogP contribution is 2.27. The molecule has 21 heavy (non-hydrogen) atoms. The lowest BCUT2D eigenvalue weighted by molar-refractivity contribution is -0.144. The molecule has 0 aliphatic rings. The van der Waals surface area contributed by atoms with Gasteiger partial charge in [0, 0.05) is 5.56 Å². The van der Waals surface area contributed by atoms with E-state index in [1.54, 1.807) is 26.0 Å². The van der Waals surface area contributed by atoms with E-state index in [0.29, 0.717) is 21.6 Å². The van der Waals surface area contributed by atoms with E-state index in [1.165, 1.54) is 16.4 Å². The Labute approximate surface area is 131 Å². The second kappa shape index (κ2) is 6.82. The average Bonchev–Trinajstić information content (AvgIpc) is 2.77. The number of halogens is 1. The number of aromatic nitrogens is 3. The molecule has 6 nitrogen and oxygen atoms in total. The van der Waals surface area contributed by atoms with Crippen LogP contribution in [0.5, 0.6) is 0 Å². The van der Waals surface area contributed by atoms with Crippen molar-refractivity contribution in [1.29, 1.82) is 0 Å². The largest absolute Gasteiger partial charge is 0.462 e. The van der Waals surface area contributed by atoms with Crippen molar-refractivity contribution in [2.45, 2.75) is 25.1 Å². The van der Waals surface area contributed by atoms with E-state index in [1.807, 2.05) is 12.1 Å². The minimum absolute atomic E-state index is 0.121. The van der Waals surface area contributed by atoms with Gasteiger partial charge in [0.1, 0.15) is 0 Å². The van der Waals surface area contributed by atoms with Gasteiger partial charge in [-0.3, -0.25) is 4.79 Å². The van der Waals surface area contributed by atoms with Crippen LogP contribution >= 0.6 is 23.4 Å². The first-order chi connectivity index (χ1) is 9.99. The quantitative estimate of drug-likeness (QED) is 0.516. The molecular weight excluding hydrogens is 312 g/mol. The van der Waals surface area contributed by atoms with E-state index >= 15 is 0 Å². The Hall–Kier alpha value is -1.73. The molecule has 2 N–H and O–H groups in total. The average molecular weight is 327 g/mol. The van der Waals surface area contributed by atoms with E-state index in [-0.39, 0.29) is 17.8 Å². The Balaban J connectivity index is 2.11. The summed E-state index contributed by atoms with van der Waals surface area (Å²) in [5, 5.41) is 8.94. The number of hydrogen-bond donors (Lipinski definition) is 1. The molecule has 1 aromatic carbocycles. The maximum Gasteiger partial charge on any atom is 0.316 e. The minimum atomic E-state index is -0.322. The number of carbonyl (C=O) groups excluding carboxylic acids is 1. The Kier molecular flexibility index (Phi) is 5.08. The number of nitrogens with zero attached hydrogens (tertiary/aromatic N) is 3. The van der Waals surface area contributed by atoms with Crippen LogP contribution in [0.1, 0.15) is 13.8 Å². The van der Waals surface area contributed by atoms with Gasteiger partial charge in [0.15, 0.2) is 5.82 Å². The van der Waals surface area contributed by atoms with Crippen molar-refractivity contribution in [1.82, 2.24) is 14.9 Å². The van der Waals surface area contributed by atoms with Gasteiger partial charge in [-0.15, -0.1) is 10.2 Å². The Morgan fingerprint density at radius 2 is 2.14 bits per heavy atom. The van der Waals surface area contributed by atoms with E-state index in [2.05, 4.69) is 10.2 Å². The van der Waals surface area contributed by atoms with E-state index in [0.717, 1.165) is 0 Å².